The number of imidazole rings is 1. The fourth-order valence-corrected chi connectivity index (χ4v) is 2.23. The number of aromatic nitrogens is 2. The summed E-state index contributed by atoms with van der Waals surface area (Å²) in [6.45, 7) is 0. The molecular formula is C7H11BrN2S. The SMILES string of the molecule is Cn1ccnc1SCCCBr. The highest BCUT2D eigenvalue weighted by atomic mass is 79.9. The van der Waals surface area contributed by atoms with Gasteiger partial charge in [-0.05, 0) is 6.42 Å². The highest BCUT2D eigenvalue weighted by Gasteiger charge is 1.97. The fourth-order valence-electron chi connectivity index (χ4n) is 0.709. The number of thioether (sulfide) groups is 1. The molecule has 2 nitrogen and oxygen atoms in total. The van der Waals surface area contributed by atoms with Crippen molar-refractivity contribution in [2.45, 2.75) is 11.6 Å². The summed E-state index contributed by atoms with van der Waals surface area (Å²) < 4.78 is 2.04. The minimum Gasteiger partial charge on any atom is -0.329 e. The lowest BCUT2D eigenvalue weighted by molar-refractivity contribution is 0.789. The number of hydrogen-bond acceptors (Lipinski definition) is 2. The molecule has 1 heterocycles. The molecule has 0 saturated carbocycles. The van der Waals surface area contributed by atoms with Crippen molar-refractivity contribution in [2.24, 2.45) is 7.05 Å². The second-order valence-corrected chi connectivity index (χ2v) is 4.07. The van der Waals surface area contributed by atoms with Crippen LogP contribution in [0.15, 0.2) is 17.6 Å². The molecule has 0 saturated heterocycles. The van der Waals surface area contributed by atoms with E-state index in [-0.39, 0.29) is 0 Å². The van der Waals surface area contributed by atoms with Crippen LogP contribution in [0.5, 0.6) is 0 Å². The maximum Gasteiger partial charge on any atom is 0.167 e. The van der Waals surface area contributed by atoms with Crippen molar-refractivity contribution in [3.8, 4) is 0 Å². The lowest BCUT2D eigenvalue weighted by atomic mass is 10.6. The third-order valence-electron chi connectivity index (χ3n) is 1.29. The van der Waals surface area contributed by atoms with Crippen LogP contribution in [0.1, 0.15) is 6.42 Å². The zero-order valence-electron chi connectivity index (χ0n) is 6.46. The third-order valence-corrected chi connectivity index (χ3v) is 2.99. The van der Waals surface area contributed by atoms with Crippen molar-refractivity contribution >= 4 is 27.7 Å². The summed E-state index contributed by atoms with van der Waals surface area (Å²) in [5.41, 5.74) is 0. The first-order valence-corrected chi connectivity index (χ1v) is 5.61. The molecule has 0 aliphatic rings. The van der Waals surface area contributed by atoms with Gasteiger partial charge in [0.2, 0.25) is 0 Å². The van der Waals surface area contributed by atoms with Crippen LogP contribution in [0.2, 0.25) is 0 Å². The second-order valence-electron chi connectivity index (χ2n) is 2.21. The van der Waals surface area contributed by atoms with Gasteiger partial charge in [0.25, 0.3) is 0 Å². The Kier molecular flexibility index (Phi) is 4.01. The molecule has 0 spiro atoms. The Hall–Kier alpha value is 0.0400. The molecule has 0 fully saturated rings. The maximum absolute atomic E-state index is 4.20. The maximum atomic E-state index is 4.20. The van der Waals surface area contributed by atoms with Gasteiger partial charge in [-0.1, -0.05) is 27.7 Å². The van der Waals surface area contributed by atoms with Crippen LogP contribution < -0.4 is 0 Å². The quantitative estimate of drug-likeness (QED) is 0.452. The van der Waals surface area contributed by atoms with Crippen LogP contribution in [0.4, 0.5) is 0 Å². The van der Waals surface area contributed by atoms with E-state index in [1.54, 1.807) is 11.8 Å². The van der Waals surface area contributed by atoms with Gasteiger partial charge >= 0.3 is 0 Å². The molecule has 11 heavy (non-hydrogen) atoms. The first-order valence-electron chi connectivity index (χ1n) is 3.50. The van der Waals surface area contributed by atoms with Crippen LogP contribution in [-0.2, 0) is 7.05 Å². The summed E-state index contributed by atoms with van der Waals surface area (Å²) in [6, 6.07) is 0. The van der Waals surface area contributed by atoms with Crippen LogP contribution in [0, 0.1) is 0 Å². The molecule has 62 valence electrons. The first-order chi connectivity index (χ1) is 5.34. The zero-order chi connectivity index (χ0) is 8.10. The molecule has 0 amide bonds. The predicted molar refractivity (Wildman–Crippen MR) is 52.3 cm³/mol. The van der Waals surface area contributed by atoms with E-state index in [2.05, 4.69) is 20.9 Å². The molecule has 0 aromatic carbocycles. The summed E-state index contributed by atoms with van der Waals surface area (Å²) in [5, 5.41) is 2.18. The molecule has 0 N–H and O–H groups in total. The number of alkyl halides is 1. The van der Waals surface area contributed by atoms with Crippen molar-refractivity contribution in [2.75, 3.05) is 11.1 Å². The fraction of sp³-hybridized carbons (Fsp3) is 0.571. The summed E-state index contributed by atoms with van der Waals surface area (Å²) in [6.07, 6.45) is 4.99. The largest absolute Gasteiger partial charge is 0.329 e. The Morgan fingerprint density at radius 1 is 1.73 bits per heavy atom. The number of aryl methyl sites for hydroxylation is 1. The van der Waals surface area contributed by atoms with Crippen LogP contribution in [0.3, 0.4) is 0 Å². The van der Waals surface area contributed by atoms with Gasteiger partial charge in [0, 0.05) is 30.5 Å². The molecule has 0 unspecified atom stereocenters. The lowest BCUT2D eigenvalue weighted by Crippen LogP contribution is -1.90. The van der Waals surface area contributed by atoms with Gasteiger partial charge in [0.1, 0.15) is 0 Å². The summed E-state index contributed by atoms with van der Waals surface area (Å²) in [5.74, 6) is 1.14. The Labute approximate surface area is 79.5 Å². The van der Waals surface area contributed by atoms with Crippen LogP contribution in [0.25, 0.3) is 0 Å². The normalized spacial score (nSPS) is 10.4. The topological polar surface area (TPSA) is 17.8 Å². The molecule has 4 heteroatoms. The average Bonchev–Trinajstić information content (AvgIpc) is 2.37. The molecule has 1 aromatic rings. The monoisotopic (exact) mass is 234 g/mol. The predicted octanol–water partition coefficient (Wildman–Crippen LogP) is 2.30. The van der Waals surface area contributed by atoms with Gasteiger partial charge in [-0.3, -0.25) is 0 Å². The minimum atomic E-state index is 1.07. The van der Waals surface area contributed by atoms with Crippen molar-refractivity contribution in [3.63, 3.8) is 0 Å². The van der Waals surface area contributed by atoms with Crippen LogP contribution >= 0.6 is 27.7 Å². The Morgan fingerprint density at radius 3 is 3.09 bits per heavy atom. The Bertz CT molecular complexity index is 212. The van der Waals surface area contributed by atoms with Gasteiger partial charge in [-0.2, -0.15) is 0 Å². The Balaban J connectivity index is 2.32. The van der Waals surface area contributed by atoms with E-state index in [0.29, 0.717) is 0 Å². The smallest absolute Gasteiger partial charge is 0.167 e. The Morgan fingerprint density at radius 2 is 2.55 bits per heavy atom. The van der Waals surface area contributed by atoms with Gasteiger partial charge in [0.05, 0.1) is 0 Å². The zero-order valence-corrected chi connectivity index (χ0v) is 8.86. The van der Waals surface area contributed by atoms with Crippen molar-refractivity contribution in [1.82, 2.24) is 9.55 Å². The van der Waals surface area contributed by atoms with E-state index in [0.717, 1.165) is 16.2 Å². The summed E-state index contributed by atoms with van der Waals surface area (Å²) >= 11 is 5.19. The van der Waals surface area contributed by atoms with Gasteiger partial charge in [-0.15, -0.1) is 0 Å². The number of halogens is 1. The van der Waals surface area contributed by atoms with Crippen molar-refractivity contribution in [1.29, 1.82) is 0 Å². The highest BCUT2D eigenvalue weighted by molar-refractivity contribution is 9.09. The number of hydrogen-bond donors (Lipinski definition) is 0. The highest BCUT2D eigenvalue weighted by Crippen LogP contribution is 2.15. The van der Waals surface area contributed by atoms with E-state index < -0.39 is 0 Å². The van der Waals surface area contributed by atoms with E-state index in [1.807, 2.05) is 24.0 Å². The number of nitrogens with zero attached hydrogens (tertiary/aromatic N) is 2. The first kappa shape index (κ1) is 9.13. The molecule has 0 radical (unpaired) electrons. The van der Waals surface area contributed by atoms with E-state index in [9.17, 15) is 0 Å². The summed E-state index contributed by atoms with van der Waals surface area (Å²) in [7, 11) is 2.02. The molecular weight excluding hydrogens is 224 g/mol. The molecule has 0 aliphatic heterocycles. The molecule has 0 aliphatic carbocycles. The third kappa shape index (κ3) is 2.87. The van der Waals surface area contributed by atoms with Crippen LogP contribution in [-0.4, -0.2) is 20.6 Å². The molecule has 0 bridgehead atoms. The minimum absolute atomic E-state index is 1.07. The van der Waals surface area contributed by atoms with Gasteiger partial charge < -0.3 is 4.57 Å². The van der Waals surface area contributed by atoms with E-state index in [4.69, 9.17) is 0 Å². The molecule has 1 rings (SSSR count). The molecule has 0 atom stereocenters. The standard InChI is InChI=1S/C7H11BrN2S/c1-10-5-4-9-7(10)11-6-2-3-8/h4-5H,2-3,6H2,1H3. The van der Waals surface area contributed by atoms with Gasteiger partial charge in [0.15, 0.2) is 5.16 Å². The lowest BCUT2D eigenvalue weighted by Gasteiger charge is -1.98. The van der Waals surface area contributed by atoms with Crippen molar-refractivity contribution < 1.29 is 0 Å². The van der Waals surface area contributed by atoms with Gasteiger partial charge in [-0.25, -0.2) is 4.98 Å². The van der Waals surface area contributed by atoms with Crippen molar-refractivity contribution in [3.05, 3.63) is 12.4 Å². The second kappa shape index (κ2) is 4.83. The molecule has 1 aromatic heterocycles. The number of rotatable bonds is 4. The van der Waals surface area contributed by atoms with E-state index >= 15 is 0 Å². The summed E-state index contributed by atoms with van der Waals surface area (Å²) in [4.78, 5) is 4.20. The van der Waals surface area contributed by atoms with E-state index in [1.165, 1.54) is 6.42 Å². The average molecular weight is 235 g/mol.